The van der Waals surface area contributed by atoms with Crippen molar-refractivity contribution in [2.24, 2.45) is 0 Å². The molecule has 2 N–H and O–H groups in total. The van der Waals surface area contributed by atoms with Gasteiger partial charge in [-0.25, -0.2) is 0 Å². The van der Waals surface area contributed by atoms with E-state index in [1.165, 1.54) is 19.2 Å². The Kier molecular flexibility index (Phi) is 3.37. The molecule has 6 nitrogen and oxygen atoms in total. The van der Waals surface area contributed by atoms with Gasteiger partial charge in [-0.2, -0.15) is 0 Å². The quantitative estimate of drug-likeness (QED) is 0.661. The summed E-state index contributed by atoms with van der Waals surface area (Å²) in [6.07, 6.45) is -3.37. The molecule has 1 aromatic heterocycles. The number of esters is 1. The summed E-state index contributed by atoms with van der Waals surface area (Å²) in [6, 6.07) is 8.92. The van der Waals surface area contributed by atoms with E-state index >= 15 is 0 Å². The third kappa shape index (κ3) is 2.60. The van der Waals surface area contributed by atoms with Gasteiger partial charge in [0.25, 0.3) is 0 Å². The number of methoxy groups -OCH3 is 1. The summed E-state index contributed by atoms with van der Waals surface area (Å²) < 4.78 is 49.1. The second-order valence-electron chi connectivity index (χ2n) is 6.73. The summed E-state index contributed by atoms with van der Waals surface area (Å²) in [5.41, 5.74) is 2.95. The summed E-state index contributed by atoms with van der Waals surface area (Å²) >= 11 is 0. The number of fused-ring (bicyclic) bond motifs is 4. The molecule has 0 saturated carbocycles. The van der Waals surface area contributed by atoms with Gasteiger partial charge in [0.05, 0.1) is 14.5 Å². The van der Waals surface area contributed by atoms with Gasteiger partial charge < -0.3 is 19.2 Å². The van der Waals surface area contributed by atoms with E-state index in [-0.39, 0.29) is 17.5 Å². The zero-order valence-corrected chi connectivity index (χ0v) is 14.7. The lowest BCUT2D eigenvalue weighted by molar-refractivity contribution is -0.286. The summed E-state index contributed by atoms with van der Waals surface area (Å²) in [4.78, 5) is 15.6. The highest BCUT2D eigenvalue weighted by Gasteiger charge is 2.44. The smallest absolute Gasteiger partial charge is 0.468 e. The van der Waals surface area contributed by atoms with Gasteiger partial charge in [0, 0.05) is 23.0 Å². The fourth-order valence-corrected chi connectivity index (χ4v) is 3.85. The van der Waals surface area contributed by atoms with E-state index in [2.05, 4.69) is 19.8 Å². The lowest BCUT2D eigenvalue weighted by Gasteiger charge is -2.30. The maximum Gasteiger partial charge on any atom is 0.586 e. The number of aromatic amines is 1. The van der Waals surface area contributed by atoms with Crippen LogP contribution in [0, 0.1) is 0 Å². The minimum atomic E-state index is -3.77. The molecule has 0 amide bonds. The van der Waals surface area contributed by atoms with Gasteiger partial charge in [-0.05, 0) is 29.3 Å². The largest absolute Gasteiger partial charge is 0.586 e. The number of nitrogens with one attached hydrogen (secondary N) is 2. The Bertz CT molecular complexity index is 1150. The predicted molar refractivity (Wildman–Crippen MR) is 95.4 cm³/mol. The van der Waals surface area contributed by atoms with Crippen molar-refractivity contribution in [1.29, 1.82) is 0 Å². The number of hydrogen-bond donors (Lipinski definition) is 2. The Balaban J connectivity index is 1.66. The summed E-state index contributed by atoms with van der Waals surface area (Å²) in [5, 5.41) is 4.14. The Morgan fingerprint density at radius 2 is 2.07 bits per heavy atom. The first-order valence-corrected chi connectivity index (χ1v) is 8.70. The second kappa shape index (κ2) is 5.93. The fourth-order valence-electron chi connectivity index (χ4n) is 3.85. The van der Waals surface area contributed by atoms with Crippen LogP contribution in [-0.4, -0.2) is 30.4 Å². The number of halogens is 2. The van der Waals surface area contributed by atoms with Crippen LogP contribution in [0.5, 0.6) is 11.5 Å². The van der Waals surface area contributed by atoms with Gasteiger partial charge in [-0.15, -0.1) is 8.78 Å². The molecule has 5 rings (SSSR count). The van der Waals surface area contributed by atoms with Crippen LogP contribution in [0.3, 0.4) is 0 Å². The van der Waals surface area contributed by atoms with Crippen molar-refractivity contribution < 1.29 is 29.2 Å². The molecule has 2 aliphatic rings. The normalized spacial score (nSPS) is 22.6. The number of rotatable bonds is 2. The summed E-state index contributed by atoms with van der Waals surface area (Å²) in [6.45, 7) is 0. The average molecular weight is 387 g/mol. The molecule has 2 atom stereocenters. The minimum absolute atomic E-state index is 0.0160. The number of carbonyl (C=O) groups excluding carboxylic acids is 1. The molecule has 0 saturated heterocycles. The molecule has 3 aromatic rings. The molecule has 0 radical (unpaired) electrons. The number of ether oxygens (including phenoxy) is 3. The molecule has 0 spiro atoms. The zero-order chi connectivity index (χ0) is 20.3. The molecule has 8 heteroatoms. The molecule has 0 fully saturated rings. The van der Waals surface area contributed by atoms with E-state index in [9.17, 15) is 13.6 Å². The van der Waals surface area contributed by atoms with Crippen LogP contribution in [0.1, 0.15) is 24.2 Å². The van der Waals surface area contributed by atoms with Crippen LogP contribution >= 0.6 is 0 Å². The Labute approximate surface area is 159 Å². The van der Waals surface area contributed by atoms with Gasteiger partial charge in [-0.3, -0.25) is 10.1 Å². The van der Waals surface area contributed by atoms with Crippen molar-refractivity contribution in [1.82, 2.24) is 10.3 Å². The molecular weight excluding hydrogens is 370 g/mol. The van der Waals surface area contributed by atoms with E-state index in [0.29, 0.717) is 12.0 Å². The highest BCUT2D eigenvalue weighted by molar-refractivity contribution is 5.87. The Morgan fingerprint density at radius 1 is 1.29 bits per heavy atom. The fraction of sp³-hybridized carbons (Fsp3) is 0.250. The SMILES string of the molecule is [2H]c1cc2c(cc1[C@H]1N[C@@H](C(=O)OC)Cc3c1[nH]c1ccccc31)OC(F)(F)O2. The van der Waals surface area contributed by atoms with Crippen LogP contribution in [0.2, 0.25) is 0 Å². The third-order valence-corrected chi connectivity index (χ3v) is 5.07. The number of aromatic nitrogens is 1. The molecule has 0 aliphatic carbocycles. The molecular formula is C20H16F2N2O4. The average Bonchev–Trinajstić information content (AvgIpc) is 3.21. The lowest BCUT2D eigenvalue weighted by atomic mass is 9.90. The maximum atomic E-state index is 13.4. The Hall–Kier alpha value is -3.13. The van der Waals surface area contributed by atoms with Crippen LogP contribution in [0.25, 0.3) is 10.9 Å². The van der Waals surface area contributed by atoms with Crippen LogP contribution < -0.4 is 14.8 Å². The number of para-hydroxylation sites is 1. The number of H-pyrrole nitrogens is 1. The predicted octanol–water partition coefficient (Wildman–Crippen LogP) is 3.27. The topological polar surface area (TPSA) is 72.6 Å². The highest BCUT2D eigenvalue weighted by atomic mass is 19.3. The summed E-state index contributed by atoms with van der Waals surface area (Å²) in [5.74, 6) is -0.786. The van der Waals surface area contributed by atoms with E-state index in [4.69, 9.17) is 6.11 Å². The first-order valence-electron chi connectivity index (χ1n) is 9.20. The van der Waals surface area contributed by atoms with Crippen molar-refractivity contribution in [3.8, 4) is 11.5 Å². The van der Waals surface area contributed by atoms with Gasteiger partial charge in [0.1, 0.15) is 6.04 Å². The molecule has 0 bridgehead atoms. The third-order valence-electron chi connectivity index (χ3n) is 5.07. The standard InChI is InChI=1S/C20H16F2N2O4/c1-26-19(25)14-9-12-11-4-2-3-5-13(11)23-18(12)17(24-14)10-6-7-15-16(8-10)28-20(21,22)27-15/h2-8,14,17,23-24H,9H2,1H3/t14-,17-/m1/s1/i6D. The van der Waals surface area contributed by atoms with Crippen molar-refractivity contribution in [2.75, 3.05) is 7.11 Å². The molecule has 2 aliphatic heterocycles. The van der Waals surface area contributed by atoms with Crippen LogP contribution in [0.4, 0.5) is 8.78 Å². The number of benzene rings is 2. The highest BCUT2D eigenvalue weighted by Crippen LogP contribution is 2.44. The number of carbonyl (C=O) groups is 1. The Morgan fingerprint density at radius 3 is 2.89 bits per heavy atom. The van der Waals surface area contributed by atoms with Crippen LogP contribution in [-0.2, 0) is 16.0 Å². The summed E-state index contributed by atoms with van der Waals surface area (Å²) in [7, 11) is 1.31. The van der Waals surface area contributed by atoms with Crippen molar-refractivity contribution in [2.45, 2.75) is 24.8 Å². The molecule has 144 valence electrons. The molecule has 3 heterocycles. The van der Waals surface area contributed by atoms with Gasteiger partial charge in [0.15, 0.2) is 11.5 Å². The van der Waals surface area contributed by atoms with E-state index in [0.717, 1.165) is 22.2 Å². The van der Waals surface area contributed by atoms with Gasteiger partial charge in [0.2, 0.25) is 0 Å². The van der Waals surface area contributed by atoms with E-state index < -0.39 is 24.3 Å². The number of alkyl halides is 2. The maximum absolute atomic E-state index is 13.4. The molecule has 0 unspecified atom stereocenters. The monoisotopic (exact) mass is 387 g/mol. The minimum Gasteiger partial charge on any atom is -0.468 e. The molecule has 28 heavy (non-hydrogen) atoms. The first-order chi connectivity index (χ1) is 13.9. The lowest BCUT2D eigenvalue weighted by Crippen LogP contribution is -2.45. The number of hydrogen-bond acceptors (Lipinski definition) is 5. The van der Waals surface area contributed by atoms with Crippen LogP contribution in [0.15, 0.2) is 42.4 Å². The van der Waals surface area contributed by atoms with Crippen molar-refractivity contribution in [3.05, 3.63) is 59.3 Å². The van der Waals surface area contributed by atoms with Crippen molar-refractivity contribution >= 4 is 16.9 Å². The van der Waals surface area contributed by atoms with Crippen molar-refractivity contribution in [3.63, 3.8) is 0 Å². The molecule has 2 aromatic carbocycles. The van der Waals surface area contributed by atoms with Gasteiger partial charge in [-0.1, -0.05) is 24.2 Å². The van der Waals surface area contributed by atoms with E-state index in [1.807, 2.05) is 24.3 Å². The first kappa shape index (κ1) is 15.9. The van der Waals surface area contributed by atoms with Gasteiger partial charge >= 0.3 is 12.3 Å². The second-order valence-corrected chi connectivity index (χ2v) is 6.73. The zero-order valence-electron chi connectivity index (χ0n) is 15.7. The van der Waals surface area contributed by atoms with E-state index in [1.54, 1.807) is 0 Å².